The number of halogens is 2. The Hall–Kier alpha value is -0.820. The van der Waals surface area contributed by atoms with Crippen molar-refractivity contribution >= 4 is 11.6 Å². The summed E-state index contributed by atoms with van der Waals surface area (Å²) in [7, 11) is 0. The second-order valence-electron chi connectivity index (χ2n) is 7.98. The van der Waals surface area contributed by atoms with Gasteiger partial charge in [-0.3, -0.25) is 0 Å². The van der Waals surface area contributed by atoms with Crippen LogP contribution < -0.4 is 0 Å². The van der Waals surface area contributed by atoms with Gasteiger partial charge in [-0.05, 0) is 92.7 Å². The Balaban J connectivity index is 1.40. The molecule has 0 amide bonds. The van der Waals surface area contributed by atoms with Crippen LogP contribution in [0.1, 0.15) is 63.4 Å². The molecule has 0 saturated heterocycles. The van der Waals surface area contributed by atoms with E-state index < -0.39 is 0 Å². The van der Waals surface area contributed by atoms with E-state index in [1.54, 1.807) is 12.1 Å². The van der Waals surface area contributed by atoms with Crippen molar-refractivity contribution in [1.29, 1.82) is 0 Å². The minimum atomic E-state index is -0.284. The molecule has 0 bridgehead atoms. The third-order valence-electron chi connectivity index (χ3n) is 6.53. The van der Waals surface area contributed by atoms with Crippen molar-refractivity contribution in [3.8, 4) is 0 Å². The highest BCUT2D eigenvalue weighted by Gasteiger charge is 2.30. The molecule has 2 saturated carbocycles. The molecule has 3 rings (SSSR count). The van der Waals surface area contributed by atoms with Crippen molar-refractivity contribution in [2.75, 3.05) is 0 Å². The first kappa shape index (κ1) is 18.0. The summed E-state index contributed by atoms with van der Waals surface area (Å²) in [5, 5.41) is 0.227. The van der Waals surface area contributed by atoms with Crippen molar-refractivity contribution in [2.45, 2.75) is 64.2 Å². The maximum atomic E-state index is 13.5. The van der Waals surface area contributed by atoms with Gasteiger partial charge in [0.25, 0.3) is 0 Å². The summed E-state index contributed by atoms with van der Waals surface area (Å²) in [6, 6.07) is 5.25. The van der Waals surface area contributed by atoms with Crippen molar-refractivity contribution in [3.63, 3.8) is 0 Å². The van der Waals surface area contributed by atoms with E-state index in [4.69, 9.17) is 11.6 Å². The van der Waals surface area contributed by atoms with Crippen molar-refractivity contribution in [1.82, 2.24) is 0 Å². The number of benzene rings is 1. The number of aryl methyl sites for hydroxylation is 1. The Kier molecular flexibility index (Phi) is 6.38. The van der Waals surface area contributed by atoms with Gasteiger partial charge in [-0.15, -0.1) is 6.58 Å². The smallest absolute Gasteiger partial charge is 0.142 e. The number of hydrogen-bond acceptors (Lipinski definition) is 0. The topological polar surface area (TPSA) is 0 Å². The summed E-state index contributed by atoms with van der Waals surface area (Å²) in [6.45, 7) is 3.96. The van der Waals surface area contributed by atoms with Crippen LogP contribution in [0.25, 0.3) is 0 Å². The van der Waals surface area contributed by atoms with E-state index in [-0.39, 0.29) is 10.8 Å². The zero-order valence-corrected chi connectivity index (χ0v) is 15.4. The highest BCUT2D eigenvalue weighted by atomic mass is 35.5. The highest BCUT2D eigenvalue weighted by molar-refractivity contribution is 6.30. The maximum absolute atomic E-state index is 13.5. The molecule has 0 aliphatic heterocycles. The lowest BCUT2D eigenvalue weighted by Gasteiger charge is -2.37. The lowest BCUT2D eigenvalue weighted by Crippen LogP contribution is -2.25. The molecule has 0 spiro atoms. The first-order chi connectivity index (χ1) is 11.7. The van der Waals surface area contributed by atoms with Gasteiger partial charge in [-0.2, -0.15) is 0 Å². The van der Waals surface area contributed by atoms with Gasteiger partial charge in [0.05, 0.1) is 5.02 Å². The molecule has 2 aliphatic carbocycles. The van der Waals surface area contributed by atoms with Gasteiger partial charge < -0.3 is 0 Å². The molecule has 1 aromatic rings. The normalized spacial score (nSPS) is 30.9. The van der Waals surface area contributed by atoms with Gasteiger partial charge in [0, 0.05) is 0 Å². The standard InChI is InChI=1S/C22H30ClF/c1-2-16-5-10-19(11-6-16)20-12-7-17(8-13-20)3-4-18-9-14-21(23)22(24)15-18/h2,9,14-17,19-20H,1,3-8,10-13H2/t16-,17?,19-,20?. The summed E-state index contributed by atoms with van der Waals surface area (Å²) < 4.78 is 13.5. The molecule has 24 heavy (non-hydrogen) atoms. The lowest BCUT2D eigenvalue weighted by atomic mass is 9.68. The van der Waals surface area contributed by atoms with Gasteiger partial charge in [-0.25, -0.2) is 4.39 Å². The van der Waals surface area contributed by atoms with Gasteiger partial charge in [0.2, 0.25) is 0 Å². The summed E-state index contributed by atoms with van der Waals surface area (Å²) in [6.07, 6.45) is 15.4. The molecule has 0 aromatic heterocycles. The van der Waals surface area contributed by atoms with Crippen molar-refractivity contribution in [3.05, 3.63) is 47.3 Å². The number of rotatable bonds is 5. The molecular formula is C22H30ClF. The Bertz CT molecular complexity index is 537. The highest BCUT2D eigenvalue weighted by Crippen LogP contribution is 2.42. The van der Waals surface area contributed by atoms with Crippen LogP contribution in [0.3, 0.4) is 0 Å². The average molecular weight is 349 g/mol. The summed E-state index contributed by atoms with van der Waals surface area (Å²) in [4.78, 5) is 0. The van der Waals surface area contributed by atoms with Crippen molar-refractivity contribution in [2.24, 2.45) is 23.7 Å². The van der Waals surface area contributed by atoms with Crippen LogP contribution in [-0.4, -0.2) is 0 Å². The molecule has 2 fully saturated rings. The van der Waals surface area contributed by atoms with E-state index in [0.29, 0.717) is 0 Å². The van der Waals surface area contributed by atoms with E-state index in [1.165, 1.54) is 57.8 Å². The van der Waals surface area contributed by atoms with Crippen LogP contribution in [0.4, 0.5) is 4.39 Å². The van der Waals surface area contributed by atoms with Gasteiger partial charge in [-0.1, -0.05) is 36.6 Å². The second kappa shape index (κ2) is 8.52. The zero-order valence-electron chi connectivity index (χ0n) is 14.7. The number of hydrogen-bond donors (Lipinski definition) is 0. The third-order valence-corrected chi connectivity index (χ3v) is 6.84. The largest absolute Gasteiger partial charge is 0.205 e. The lowest BCUT2D eigenvalue weighted by molar-refractivity contribution is 0.153. The van der Waals surface area contributed by atoms with E-state index >= 15 is 0 Å². The van der Waals surface area contributed by atoms with Crippen LogP contribution in [0.2, 0.25) is 5.02 Å². The molecular weight excluding hydrogens is 319 g/mol. The molecule has 0 heterocycles. The fraction of sp³-hybridized carbons (Fsp3) is 0.636. The van der Waals surface area contributed by atoms with E-state index in [2.05, 4.69) is 12.7 Å². The molecule has 0 unspecified atom stereocenters. The summed E-state index contributed by atoms with van der Waals surface area (Å²) in [5.74, 6) is 3.24. The minimum Gasteiger partial charge on any atom is -0.205 e. The Morgan fingerprint density at radius 1 is 1.00 bits per heavy atom. The molecule has 0 radical (unpaired) electrons. The van der Waals surface area contributed by atoms with Crippen molar-refractivity contribution < 1.29 is 4.39 Å². The Morgan fingerprint density at radius 2 is 1.62 bits per heavy atom. The summed E-state index contributed by atoms with van der Waals surface area (Å²) >= 11 is 5.76. The molecule has 1 aromatic carbocycles. The number of allylic oxidation sites excluding steroid dienone is 1. The monoisotopic (exact) mass is 348 g/mol. The molecule has 0 nitrogen and oxygen atoms in total. The predicted molar refractivity (Wildman–Crippen MR) is 101 cm³/mol. The first-order valence-corrected chi connectivity index (χ1v) is 10.1. The fourth-order valence-electron chi connectivity index (χ4n) is 4.87. The maximum Gasteiger partial charge on any atom is 0.142 e. The molecule has 2 heteroatoms. The van der Waals surface area contributed by atoms with Crippen LogP contribution in [0, 0.1) is 29.5 Å². The van der Waals surface area contributed by atoms with Gasteiger partial charge in [0.1, 0.15) is 5.82 Å². The van der Waals surface area contributed by atoms with E-state index in [1.807, 2.05) is 6.07 Å². The average Bonchev–Trinajstić information content (AvgIpc) is 2.63. The third kappa shape index (κ3) is 4.63. The molecule has 0 atom stereocenters. The molecule has 132 valence electrons. The molecule has 0 N–H and O–H groups in total. The Labute approximate surface area is 151 Å². The van der Waals surface area contributed by atoms with Crippen LogP contribution in [-0.2, 0) is 6.42 Å². The quantitative estimate of drug-likeness (QED) is 0.493. The SMILES string of the molecule is C=C[C@H]1CC[C@H](C2CCC(CCc3ccc(Cl)c(F)c3)CC2)CC1. The second-order valence-corrected chi connectivity index (χ2v) is 8.39. The van der Waals surface area contributed by atoms with Crippen LogP contribution >= 0.6 is 11.6 Å². The van der Waals surface area contributed by atoms with Crippen LogP contribution in [0.5, 0.6) is 0 Å². The molecule has 2 aliphatic rings. The van der Waals surface area contributed by atoms with E-state index in [9.17, 15) is 4.39 Å². The summed E-state index contributed by atoms with van der Waals surface area (Å²) in [5.41, 5.74) is 1.08. The van der Waals surface area contributed by atoms with Gasteiger partial charge >= 0.3 is 0 Å². The van der Waals surface area contributed by atoms with Crippen LogP contribution in [0.15, 0.2) is 30.9 Å². The zero-order chi connectivity index (χ0) is 16.9. The predicted octanol–water partition coefficient (Wildman–Crippen LogP) is 7.21. The Morgan fingerprint density at radius 3 is 2.21 bits per heavy atom. The van der Waals surface area contributed by atoms with E-state index in [0.717, 1.165) is 35.7 Å². The van der Waals surface area contributed by atoms with Gasteiger partial charge in [0.15, 0.2) is 0 Å². The fourth-order valence-corrected chi connectivity index (χ4v) is 4.98. The first-order valence-electron chi connectivity index (χ1n) is 9.72. The minimum absolute atomic E-state index is 0.227.